The molecule has 0 saturated carbocycles. The fraction of sp³-hybridized carbons (Fsp3) is 0.154. The molecule has 0 amide bonds. The Kier molecular flexibility index (Phi) is 5.95. The van der Waals surface area contributed by atoms with Crippen molar-refractivity contribution in [1.82, 2.24) is 4.57 Å². The molecule has 3 aliphatic heterocycles. The van der Waals surface area contributed by atoms with Crippen molar-refractivity contribution in [3.05, 3.63) is 145 Å². The summed E-state index contributed by atoms with van der Waals surface area (Å²) in [4.78, 5) is 5.09. The smallest absolute Gasteiger partial charge is 0.297 e. The van der Waals surface area contributed by atoms with Crippen LogP contribution in [0.2, 0.25) is 0 Å². The predicted octanol–water partition coefficient (Wildman–Crippen LogP) is 12.4. The number of para-hydroxylation sites is 4. The van der Waals surface area contributed by atoms with Gasteiger partial charge in [0, 0.05) is 44.0 Å². The maximum Gasteiger partial charge on any atom is 0.297 e. The van der Waals surface area contributed by atoms with E-state index in [1.54, 1.807) is 0 Å². The summed E-state index contributed by atoms with van der Waals surface area (Å²) in [7, 11) is 0. The van der Waals surface area contributed by atoms with Crippen molar-refractivity contribution in [3.8, 4) is 5.69 Å². The molecule has 6 heterocycles. The second-order valence-corrected chi connectivity index (χ2v) is 18.6. The van der Waals surface area contributed by atoms with Crippen LogP contribution >= 0.6 is 0 Å². The first-order valence-corrected chi connectivity index (χ1v) is 20.5. The minimum atomic E-state index is -0.136. The summed E-state index contributed by atoms with van der Waals surface area (Å²) in [6.07, 6.45) is 0. The van der Waals surface area contributed by atoms with E-state index in [0.29, 0.717) is 0 Å². The standard InChI is InChI=1S/C52H40BN3O2/c1-51(2,3)29-21-23-45-36(25-29)48-50(58-45)53-37-16-12-19-40-49(37)56(39-18-11-15-34-32-13-7-9-17-38(32)55(40)47(34)39)42-27-30(52(4,5)6)26-41(46(42)53)54(48)31-22-24-44-35(28-31)33-14-8-10-20-43(33)57-44/h7-28H,1-6H3. The Morgan fingerprint density at radius 1 is 0.466 bits per heavy atom. The van der Waals surface area contributed by atoms with Gasteiger partial charge >= 0.3 is 0 Å². The summed E-state index contributed by atoms with van der Waals surface area (Å²) < 4.78 is 16.2. The first-order chi connectivity index (χ1) is 28.0. The normalized spacial score (nSPS) is 14.3. The van der Waals surface area contributed by atoms with Crippen LogP contribution in [0.3, 0.4) is 0 Å². The minimum Gasteiger partial charge on any atom is -0.468 e. The highest BCUT2D eigenvalue weighted by atomic mass is 16.3. The Hall–Kier alpha value is -6.66. The van der Waals surface area contributed by atoms with Gasteiger partial charge in [0.2, 0.25) is 0 Å². The van der Waals surface area contributed by atoms with Crippen molar-refractivity contribution >= 4 is 112 Å². The van der Waals surface area contributed by atoms with Gasteiger partial charge in [-0.25, -0.2) is 0 Å². The van der Waals surface area contributed by atoms with Crippen LogP contribution in [-0.4, -0.2) is 11.3 Å². The topological polar surface area (TPSA) is 37.7 Å². The molecule has 0 spiro atoms. The van der Waals surface area contributed by atoms with Gasteiger partial charge in [0.05, 0.1) is 39.4 Å². The van der Waals surface area contributed by atoms with Gasteiger partial charge < -0.3 is 23.2 Å². The van der Waals surface area contributed by atoms with E-state index in [-0.39, 0.29) is 17.5 Å². The Morgan fingerprint density at radius 2 is 1.14 bits per heavy atom. The van der Waals surface area contributed by atoms with Gasteiger partial charge in [0.15, 0.2) is 0 Å². The fourth-order valence-electron chi connectivity index (χ4n) is 10.4. The molecule has 0 unspecified atom stereocenters. The van der Waals surface area contributed by atoms with E-state index >= 15 is 0 Å². The van der Waals surface area contributed by atoms with Crippen LogP contribution in [0.4, 0.5) is 34.1 Å². The Morgan fingerprint density at radius 3 is 1.97 bits per heavy atom. The molecule has 0 radical (unpaired) electrons. The lowest BCUT2D eigenvalue weighted by Gasteiger charge is -2.45. The first-order valence-electron chi connectivity index (χ1n) is 20.5. The molecule has 7 aromatic carbocycles. The van der Waals surface area contributed by atoms with Crippen LogP contribution in [-0.2, 0) is 10.8 Å². The van der Waals surface area contributed by atoms with Gasteiger partial charge in [0.25, 0.3) is 6.71 Å². The van der Waals surface area contributed by atoms with Crippen molar-refractivity contribution in [3.63, 3.8) is 0 Å². The van der Waals surface area contributed by atoms with Crippen molar-refractivity contribution in [2.75, 3.05) is 9.80 Å². The molecule has 6 heteroatoms. The zero-order chi connectivity index (χ0) is 39.0. The third-order valence-electron chi connectivity index (χ3n) is 13.2. The summed E-state index contributed by atoms with van der Waals surface area (Å²) in [6, 6.07) is 49.4. The average molecular weight is 750 g/mol. The first kappa shape index (κ1) is 32.4. The predicted molar refractivity (Wildman–Crippen MR) is 243 cm³/mol. The van der Waals surface area contributed by atoms with Crippen LogP contribution in [0.15, 0.2) is 142 Å². The number of anilines is 6. The van der Waals surface area contributed by atoms with E-state index < -0.39 is 0 Å². The van der Waals surface area contributed by atoms with Crippen LogP contribution in [0.1, 0.15) is 52.7 Å². The Bertz CT molecular complexity index is 3460. The van der Waals surface area contributed by atoms with E-state index in [0.717, 1.165) is 49.9 Å². The SMILES string of the molecule is CC(C)(C)c1cc2c3c(c1)N1c4c(cccc4-n4c5ccccc5c5cccc1c54)B3c1oc3ccc(C(C)(C)C)cc3c1N2c1ccc2oc3ccccc3c2c1. The van der Waals surface area contributed by atoms with Crippen molar-refractivity contribution in [1.29, 1.82) is 0 Å². The molecule has 0 N–H and O–H groups in total. The number of fused-ring (bicyclic) bond motifs is 14. The highest BCUT2D eigenvalue weighted by Gasteiger charge is 2.49. The third kappa shape index (κ3) is 4.02. The van der Waals surface area contributed by atoms with E-state index in [1.165, 1.54) is 72.3 Å². The molecule has 0 aliphatic carbocycles. The molecule has 0 saturated heterocycles. The molecular weight excluding hydrogens is 709 g/mol. The van der Waals surface area contributed by atoms with Crippen LogP contribution in [0.5, 0.6) is 0 Å². The number of hydrogen-bond donors (Lipinski definition) is 0. The van der Waals surface area contributed by atoms with E-state index in [9.17, 15) is 0 Å². The number of furan rings is 2. The largest absolute Gasteiger partial charge is 0.468 e. The molecule has 0 atom stereocenters. The molecule has 0 fully saturated rings. The molecule has 3 aromatic heterocycles. The van der Waals surface area contributed by atoms with E-state index in [4.69, 9.17) is 8.83 Å². The zero-order valence-electron chi connectivity index (χ0n) is 33.4. The number of rotatable bonds is 1. The summed E-state index contributed by atoms with van der Waals surface area (Å²) in [5, 5.41) is 5.88. The maximum atomic E-state index is 7.28. The van der Waals surface area contributed by atoms with Crippen molar-refractivity contribution < 1.29 is 8.83 Å². The summed E-state index contributed by atoms with van der Waals surface area (Å²) in [5.74, 6) is 0. The van der Waals surface area contributed by atoms with E-state index in [2.05, 4.69) is 183 Å². The summed E-state index contributed by atoms with van der Waals surface area (Å²) in [5.41, 5.74) is 19.2. The third-order valence-corrected chi connectivity index (χ3v) is 13.2. The van der Waals surface area contributed by atoms with Crippen molar-refractivity contribution in [2.24, 2.45) is 0 Å². The van der Waals surface area contributed by atoms with Gasteiger partial charge in [-0.15, -0.1) is 0 Å². The van der Waals surface area contributed by atoms with Crippen LogP contribution < -0.4 is 26.4 Å². The van der Waals surface area contributed by atoms with Crippen LogP contribution in [0.25, 0.3) is 60.4 Å². The zero-order valence-corrected chi connectivity index (χ0v) is 33.4. The van der Waals surface area contributed by atoms with E-state index in [1.807, 2.05) is 6.07 Å². The minimum absolute atomic E-state index is 0.0426. The Labute approximate surface area is 336 Å². The molecule has 3 aliphatic rings. The van der Waals surface area contributed by atoms with Gasteiger partial charge in [-0.1, -0.05) is 108 Å². The quantitative estimate of drug-likeness (QED) is 0.157. The second kappa shape index (κ2) is 10.6. The maximum absolute atomic E-state index is 7.28. The summed E-state index contributed by atoms with van der Waals surface area (Å²) >= 11 is 0. The molecule has 0 bridgehead atoms. The molecule has 58 heavy (non-hydrogen) atoms. The lowest BCUT2D eigenvalue weighted by Crippen LogP contribution is -2.61. The molecular formula is C52H40BN3O2. The second-order valence-electron chi connectivity index (χ2n) is 18.6. The van der Waals surface area contributed by atoms with Gasteiger partial charge in [-0.05, 0) is 99.6 Å². The number of aromatic nitrogens is 1. The summed E-state index contributed by atoms with van der Waals surface area (Å²) in [6.45, 7) is 13.7. The van der Waals surface area contributed by atoms with Gasteiger partial charge in [-0.2, -0.15) is 0 Å². The molecule has 13 rings (SSSR count). The molecule has 10 aromatic rings. The average Bonchev–Trinajstić information content (AvgIpc) is 3.89. The number of hydrogen-bond acceptors (Lipinski definition) is 4. The fourth-order valence-corrected chi connectivity index (χ4v) is 10.4. The molecule has 5 nitrogen and oxygen atoms in total. The highest BCUT2D eigenvalue weighted by Crippen LogP contribution is 2.54. The highest BCUT2D eigenvalue weighted by molar-refractivity contribution is 7.00. The number of nitrogens with zero attached hydrogens (tertiary/aromatic N) is 3. The van der Waals surface area contributed by atoms with Gasteiger partial charge in [0.1, 0.15) is 16.7 Å². The van der Waals surface area contributed by atoms with Crippen LogP contribution in [0, 0.1) is 0 Å². The molecule has 278 valence electrons. The Balaban J connectivity index is 1.20. The van der Waals surface area contributed by atoms with Crippen molar-refractivity contribution in [2.45, 2.75) is 52.4 Å². The lowest BCUT2D eigenvalue weighted by atomic mass is 9.35. The lowest BCUT2D eigenvalue weighted by molar-refractivity contribution is 0.590. The number of benzene rings is 7. The monoisotopic (exact) mass is 749 g/mol. The van der Waals surface area contributed by atoms with Gasteiger partial charge in [-0.3, -0.25) is 0 Å².